The zero-order valence-corrected chi connectivity index (χ0v) is 12.9. The molecule has 0 aliphatic carbocycles. The molecule has 104 valence electrons. The van der Waals surface area contributed by atoms with E-state index < -0.39 is 0 Å². The maximum atomic E-state index is 12.6. The fourth-order valence-corrected chi connectivity index (χ4v) is 2.84. The molecular weight excluding hydrogens is 308 g/mol. The summed E-state index contributed by atoms with van der Waals surface area (Å²) in [6, 6.07) is 5.30. The number of amides is 1. The third kappa shape index (κ3) is 3.09. The number of nitrogen functional groups attached to an aromatic ring is 1. The number of halogens is 1. The minimum atomic E-state index is -0.249. The number of carbonyl (C=O) groups excluding carboxylic acids is 1. The van der Waals surface area contributed by atoms with Crippen molar-refractivity contribution in [1.82, 2.24) is 4.90 Å². The Bertz CT molecular complexity index is 492. The summed E-state index contributed by atoms with van der Waals surface area (Å²) in [6.07, 6.45) is 1.93. The number of likely N-dealkylation sites (tertiary alicyclic amines) is 1. The molecule has 19 heavy (non-hydrogen) atoms. The van der Waals surface area contributed by atoms with Crippen molar-refractivity contribution in [3.8, 4) is 0 Å². The number of ether oxygens (including phenoxy) is 1. The molecular formula is C14H19BrN2O2. The van der Waals surface area contributed by atoms with Crippen molar-refractivity contribution in [3.63, 3.8) is 0 Å². The summed E-state index contributed by atoms with van der Waals surface area (Å²) in [5, 5.41) is 0. The first kappa shape index (κ1) is 14.3. The van der Waals surface area contributed by atoms with Gasteiger partial charge in [-0.25, -0.2) is 0 Å². The van der Waals surface area contributed by atoms with Gasteiger partial charge in [-0.3, -0.25) is 4.79 Å². The molecule has 1 saturated heterocycles. The molecule has 1 heterocycles. The van der Waals surface area contributed by atoms with Crippen LogP contribution in [0, 0.1) is 0 Å². The van der Waals surface area contributed by atoms with E-state index in [1.54, 1.807) is 19.2 Å². The number of benzene rings is 1. The predicted octanol–water partition coefficient (Wildman–Crippen LogP) is 2.67. The van der Waals surface area contributed by atoms with Gasteiger partial charge in [0.15, 0.2) is 0 Å². The monoisotopic (exact) mass is 326 g/mol. The van der Waals surface area contributed by atoms with Crippen LogP contribution in [0.25, 0.3) is 0 Å². The lowest BCUT2D eigenvalue weighted by Crippen LogP contribution is -2.49. The Hall–Kier alpha value is -1.07. The molecule has 1 aromatic rings. The molecule has 1 aliphatic rings. The van der Waals surface area contributed by atoms with E-state index in [2.05, 4.69) is 15.9 Å². The minimum absolute atomic E-state index is 0.00199. The highest BCUT2D eigenvalue weighted by atomic mass is 79.9. The van der Waals surface area contributed by atoms with Crippen molar-refractivity contribution < 1.29 is 9.53 Å². The highest BCUT2D eigenvalue weighted by Crippen LogP contribution is 2.27. The fraction of sp³-hybridized carbons (Fsp3) is 0.500. The molecule has 0 radical (unpaired) electrons. The largest absolute Gasteiger partial charge is 0.399 e. The lowest BCUT2D eigenvalue weighted by Gasteiger charge is -2.39. The fourth-order valence-electron chi connectivity index (χ4n) is 2.42. The van der Waals surface area contributed by atoms with Gasteiger partial charge in [-0.1, -0.05) is 0 Å². The normalized spacial score (nSPS) is 23.4. The molecule has 1 aliphatic heterocycles. The summed E-state index contributed by atoms with van der Waals surface area (Å²) in [7, 11) is 1.70. The molecule has 1 aromatic carbocycles. The van der Waals surface area contributed by atoms with Crippen LogP contribution in [0.4, 0.5) is 5.69 Å². The molecule has 0 bridgehead atoms. The van der Waals surface area contributed by atoms with Gasteiger partial charge in [-0.15, -0.1) is 0 Å². The maximum absolute atomic E-state index is 12.6. The number of rotatable bonds is 2. The number of piperidine rings is 1. The van der Waals surface area contributed by atoms with Crippen molar-refractivity contribution in [2.45, 2.75) is 25.4 Å². The van der Waals surface area contributed by atoms with Crippen LogP contribution in [-0.2, 0) is 4.74 Å². The zero-order chi connectivity index (χ0) is 14.0. The van der Waals surface area contributed by atoms with Crippen LogP contribution in [0.15, 0.2) is 22.7 Å². The topological polar surface area (TPSA) is 55.6 Å². The Morgan fingerprint density at radius 3 is 2.95 bits per heavy atom. The van der Waals surface area contributed by atoms with E-state index >= 15 is 0 Å². The van der Waals surface area contributed by atoms with Crippen LogP contribution < -0.4 is 5.73 Å². The smallest absolute Gasteiger partial charge is 0.255 e. The molecule has 4 nitrogen and oxygen atoms in total. The zero-order valence-electron chi connectivity index (χ0n) is 11.3. The number of carbonyl (C=O) groups is 1. The Morgan fingerprint density at radius 2 is 2.26 bits per heavy atom. The van der Waals surface area contributed by atoms with E-state index in [1.807, 2.05) is 17.9 Å². The third-order valence-corrected chi connectivity index (χ3v) is 4.35. The molecule has 1 fully saturated rings. The SMILES string of the molecule is COC1(C)CCCN(C(=O)c2cc(N)ccc2Br)C1. The van der Waals surface area contributed by atoms with Crippen LogP contribution in [0.2, 0.25) is 0 Å². The second kappa shape index (κ2) is 5.51. The Labute approximate surface area is 122 Å². The average Bonchev–Trinajstić information content (AvgIpc) is 2.41. The summed E-state index contributed by atoms with van der Waals surface area (Å²) >= 11 is 3.41. The van der Waals surface area contributed by atoms with Crippen LogP contribution in [0.5, 0.6) is 0 Å². The van der Waals surface area contributed by atoms with Gasteiger partial charge >= 0.3 is 0 Å². The molecule has 2 rings (SSSR count). The lowest BCUT2D eigenvalue weighted by molar-refractivity contribution is -0.0440. The molecule has 1 amide bonds. The quantitative estimate of drug-likeness (QED) is 0.850. The van der Waals surface area contributed by atoms with Gasteiger partial charge in [0, 0.05) is 30.4 Å². The van der Waals surface area contributed by atoms with E-state index in [0.717, 1.165) is 23.9 Å². The van der Waals surface area contributed by atoms with Crippen molar-refractivity contribution >= 4 is 27.5 Å². The summed E-state index contributed by atoms with van der Waals surface area (Å²) in [4.78, 5) is 14.4. The maximum Gasteiger partial charge on any atom is 0.255 e. The lowest BCUT2D eigenvalue weighted by atomic mass is 9.94. The predicted molar refractivity (Wildman–Crippen MR) is 79.1 cm³/mol. The van der Waals surface area contributed by atoms with Gasteiger partial charge < -0.3 is 15.4 Å². The molecule has 0 saturated carbocycles. The second-order valence-corrected chi connectivity index (χ2v) is 6.08. The van der Waals surface area contributed by atoms with Gasteiger partial charge in [0.25, 0.3) is 5.91 Å². The third-order valence-electron chi connectivity index (χ3n) is 3.66. The molecule has 0 aromatic heterocycles. The summed E-state index contributed by atoms with van der Waals surface area (Å²) in [5.74, 6) is 0.00199. The van der Waals surface area contributed by atoms with E-state index in [4.69, 9.17) is 10.5 Å². The number of nitrogens with zero attached hydrogens (tertiary/aromatic N) is 1. The van der Waals surface area contributed by atoms with Gasteiger partial charge in [0.1, 0.15) is 0 Å². The van der Waals surface area contributed by atoms with E-state index in [1.165, 1.54) is 0 Å². The molecule has 0 spiro atoms. The highest BCUT2D eigenvalue weighted by molar-refractivity contribution is 9.10. The van der Waals surface area contributed by atoms with Crippen molar-refractivity contribution in [1.29, 1.82) is 0 Å². The van der Waals surface area contributed by atoms with Gasteiger partial charge in [0.05, 0.1) is 11.2 Å². The first-order chi connectivity index (χ1) is 8.95. The standard InChI is InChI=1S/C14H19BrN2O2/c1-14(19-2)6-3-7-17(9-14)13(18)11-8-10(16)4-5-12(11)15/h4-5,8H,3,6-7,9,16H2,1-2H3. The summed E-state index contributed by atoms with van der Waals surface area (Å²) in [6.45, 7) is 3.42. The van der Waals surface area contributed by atoms with Crippen molar-refractivity contribution in [2.24, 2.45) is 0 Å². The summed E-state index contributed by atoms with van der Waals surface area (Å²) in [5.41, 5.74) is 6.72. The van der Waals surface area contributed by atoms with Gasteiger partial charge in [-0.2, -0.15) is 0 Å². The number of nitrogens with two attached hydrogens (primary N) is 1. The first-order valence-electron chi connectivity index (χ1n) is 6.35. The van der Waals surface area contributed by atoms with E-state index in [0.29, 0.717) is 17.8 Å². The molecule has 5 heteroatoms. The Morgan fingerprint density at radius 1 is 1.53 bits per heavy atom. The number of hydrogen-bond donors (Lipinski definition) is 1. The van der Waals surface area contributed by atoms with E-state index in [9.17, 15) is 4.79 Å². The first-order valence-corrected chi connectivity index (χ1v) is 7.14. The number of anilines is 1. The molecule has 2 N–H and O–H groups in total. The van der Waals surface area contributed by atoms with Crippen molar-refractivity contribution in [2.75, 3.05) is 25.9 Å². The highest BCUT2D eigenvalue weighted by Gasteiger charge is 2.33. The molecule has 1 unspecified atom stereocenters. The van der Waals surface area contributed by atoms with Crippen LogP contribution in [0.3, 0.4) is 0 Å². The van der Waals surface area contributed by atoms with Crippen molar-refractivity contribution in [3.05, 3.63) is 28.2 Å². The van der Waals surface area contributed by atoms with Crippen LogP contribution in [0.1, 0.15) is 30.1 Å². The van der Waals surface area contributed by atoms with Crippen LogP contribution in [-0.4, -0.2) is 36.6 Å². The minimum Gasteiger partial charge on any atom is -0.399 e. The average molecular weight is 327 g/mol. The Kier molecular flexibility index (Phi) is 4.16. The number of hydrogen-bond acceptors (Lipinski definition) is 3. The Balaban J connectivity index is 2.22. The van der Waals surface area contributed by atoms with Gasteiger partial charge in [0.2, 0.25) is 0 Å². The van der Waals surface area contributed by atoms with E-state index in [-0.39, 0.29) is 11.5 Å². The number of methoxy groups -OCH3 is 1. The second-order valence-electron chi connectivity index (χ2n) is 5.22. The van der Waals surface area contributed by atoms with Crippen LogP contribution >= 0.6 is 15.9 Å². The summed E-state index contributed by atoms with van der Waals surface area (Å²) < 4.78 is 6.29. The van der Waals surface area contributed by atoms with Gasteiger partial charge in [-0.05, 0) is 53.9 Å². The molecule has 1 atom stereocenters.